The number of benzene rings is 2. The lowest BCUT2D eigenvalue weighted by atomic mass is 9.95. The first-order valence-electron chi connectivity index (χ1n) is 11.0. The van der Waals surface area contributed by atoms with E-state index in [1.807, 2.05) is 18.3 Å². The number of aromatic nitrogens is 1. The zero-order chi connectivity index (χ0) is 21.4. The predicted molar refractivity (Wildman–Crippen MR) is 129 cm³/mol. The predicted octanol–water partition coefficient (Wildman–Crippen LogP) is 5.45. The highest BCUT2D eigenvalue weighted by Crippen LogP contribution is 2.36. The Labute approximate surface area is 190 Å². The summed E-state index contributed by atoms with van der Waals surface area (Å²) in [6.07, 6.45) is 5.19. The maximum Gasteiger partial charge on any atom is 0.0520 e. The van der Waals surface area contributed by atoms with Gasteiger partial charge < -0.3 is 4.90 Å². The van der Waals surface area contributed by atoms with Crippen molar-refractivity contribution in [3.05, 3.63) is 93.8 Å². The summed E-state index contributed by atoms with van der Waals surface area (Å²) in [5.41, 5.74) is 9.87. The van der Waals surface area contributed by atoms with Crippen molar-refractivity contribution in [2.45, 2.75) is 19.9 Å². The molecule has 31 heavy (non-hydrogen) atoms. The van der Waals surface area contributed by atoms with Gasteiger partial charge in [-0.15, -0.1) is 0 Å². The van der Waals surface area contributed by atoms with Crippen molar-refractivity contribution in [2.24, 2.45) is 0 Å². The Hall–Kier alpha value is -2.46. The minimum Gasteiger partial charge on any atom is -0.304 e. The number of hydrogen-bond acceptors (Lipinski definition) is 3. The number of nitrogens with zero attached hydrogens (tertiary/aromatic N) is 3. The molecule has 5 rings (SSSR count). The summed E-state index contributed by atoms with van der Waals surface area (Å²) in [5.74, 6) is 0. The van der Waals surface area contributed by atoms with Gasteiger partial charge in [-0.3, -0.25) is 9.88 Å². The van der Waals surface area contributed by atoms with E-state index in [2.05, 4.69) is 66.2 Å². The second-order valence-corrected chi connectivity index (χ2v) is 9.21. The molecular weight excluding hydrogens is 402 g/mol. The van der Waals surface area contributed by atoms with Crippen LogP contribution in [0.4, 0.5) is 0 Å². The average Bonchev–Trinajstić information content (AvgIpc) is 3.19. The van der Waals surface area contributed by atoms with Gasteiger partial charge in [-0.2, -0.15) is 0 Å². The Bertz CT molecular complexity index is 1130. The number of piperazine rings is 1. The molecule has 1 saturated heterocycles. The monoisotopic (exact) mass is 429 g/mol. The van der Waals surface area contributed by atoms with E-state index < -0.39 is 0 Å². The Balaban J connectivity index is 1.37. The van der Waals surface area contributed by atoms with Gasteiger partial charge in [0.25, 0.3) is 0 Å². The van der Waals surface area contributed by atoms with Crippen LogP contribution in [-0.4, -0.2) is 48.0 Å². The largest absolute Gasteiger partial charge is 0.304 e. The first-order chi connectivity index (χ1) is 15.1. The molecule has 1 aliphatic heterocycles. The summed E-state index contributed by atoms with van der Waals surface area (Å²) in [5, 5.41) is 0.781. The fourth-order valence-electron chi connectivity index (χ4n) is 4.61. The molecule has 0 saturated carbocycles. The Kier molecular flexibility index (Phi) is 5.66. The maximum absolute atomic E-state index is 6.17. The van der Waals surface area contributed by atoms with E-state index in [1.54, 1.807) is 0 Å². The van der Waals surface area contributed by atoms with Crippen LogP contribution in [0.25, 0.3) is 16.7 Å². The number of rotatable bonds is 4. The Morgan fingerprint density at radius 3 is 2.42 bits per heavy atom. The molecule has 1 aliphatic carbocycles. The molecular formula is C27H28ClN3. The topological polar surface area (TPSA) is 19.4 Å². The molecule has 1 fully saturated rings. The van der Waals surface area contributed by atoms with E-state index >= 15 is 0 Å². The third-order valence-electron chi connectivity index (χ3n) is 6.53. The zero-order valence-corrected chi connectivity index (χ0v) is 19.0. The molecule has 0 spiro atoms. The molecule has 0 bridgehead atoms. The first kappa shape index (κ1) is 20.4. The number of hydrogen-bond donors (Lipinski definition) is 0. The summed E-state index contributed by atoms with van der Waals surface area (Å²) in [6.45, 7) is 7.75. The number of allylic oxidation sites excluding steroid dienone is 1. The molecule has 0 N–H and O–H groups in total. The number of fused-ring (bicyclic) bond motifs is 1. The fourth-order valence-corrected chi connectivity index (χ4v) is 4.83. The first-order valence-corrected chi connectivity index (χ1v) is 11.4. The lowest BCUT2D eigenvalue weighted by Crippen LogP contribution is -2.43. The van der Waals surface area contributed by atoms with Crippen LogP contribution < -0.4 is 0 Å². The fraction of sp³-hybridized carbons (Fsp3) is 0.296. The molecule has 4 heteroatoms. The number of likely N-dealkylation sites (N-methyl/N-ethyl adjacent to an activating group) is 1. The van der Waals surface area contributed by atoms with Crippen molar-refractivity contribution in [1.82, 2.24) is 14.8 Å². The lowest BCUT2D eigenvalue weighted by molar-refractivity contribution is 0.148. The van der Waals surface area contributed by atoms with Crippen molar-refractivity contribution in [3.8, 4) is 11.1 Å². The summed E-state index contributed by atoms with van der Waals surface area (Å²) in [6, 6.07) is 17.4. The van der Waals surface area contributed by atoms with Crippen LogP contribution in [0.2, 0.25) is 5.02 Å². The Morgan fingerprint density at radius 2 is 1.68 bits per heavy atom. The van der Waals surface area contributed by atoms with Crippen molar-refractivity contribution in [2.75, 3.05) is 33.2 Å². The van der Waals surface area contributed by atoms with Crippen LogP contribution in [0.5, 0.6) is 0 Å². The van der Waals surface area contributed by atoms with Crippen molar-refractivity contribution in [3.63, 3.8) is 0 Å². The van der Waals surface area contributed by atoms with Crippen molar-refractivity contribution in [1.29, 1.82) is 0 Å². The highest BCUT2D eigenvalue weighted by atomic mass is 35.5. The van der Waals surface area contributed by atoms with Gasteiger partial charge in [-0.05, 0) is 60.0 Å². The lowest BCUT2D eigenvalue weighted by Gasteiger charge is -2.32. The third kappa shape index (κ3) is 4.31. The summed E-state index contributed by atoms with van der Waals surface area (Å²) in [4.78, 5) is 9.73. The molecule has 2 aromatic carbocycles. The van der Waals surface area contributed by atoms with Crippen LogP contribution >= 0.6 is 11.6 Å². The van der Waals surface area contributed by atoms with E-state index in [0.717, 1.165) is 49.9 Å². The molecule has 0 radical (unpaired) electrons. The van der Waals surface area contributed by atoms with Crippen LogP contribution in [0.3, 0.4) is 0 Å². The summed E-state index contributed by atoms with van der Waals surface area (Å²) >= 11 is 6.17. The van der Waals surface area contributed by atoms with Gasteiger partial charge in [0.1, 0.15) is 0 Å². The Morgan fingerprint density at radius 1 is 0.903 bits per heavy atom. The normalized spacial score (nSPS) is 16.9. The number of aryl methyl sites for hydroxylation is 1. The van der Waals surface area contributed by atoms with E-state index in [9.17, 15) is 0 Å². The van der Waals surface area contributed by atoms with Gasteiger partial charge in [0.05, 0.1) is 5.69 Å². The molecule has 0 unspecified atom stereocenters. The SMILES string of the molecule is Cc1cc(Cl)ccc1C1=CCc2ncc(-c3ccc(CN4CCN(C)CC4)cc3)cc21. The molecule has 2 aliphatic rings. The summed E-state index contributed by atoms with van der Waals surface area (Å²) < 4.78 is 0. The van der Waals surface area contributed by atoms with Gasteiger partial charge in [0.15, 0.2) is 0 Å². The van der Waals surface area contributed by atoms with E-state index in [0.29, 0.717) is 0 Å². The quantitative estimate of drug-likeness (QED) is 0.550. The van der Waals surface area contributed by atoms with Gasteiger partial charge >= 0.3 is 0 Å². The summed E-state index contributed by atoms with van der Waals surface area (Å²) in [7, 11) is 2.20. The zero-order valence-electron chi connectivity index (χ0n) is 18.2. The highest BCUT2D eigenvalue weighted by molar-refractivity contribution is 6.30. The number of pyridine rings is 1. The highest BCUT2D eigenvalue weighted by Gasteiger charge is 2.19. The molecule has 1 aromatic heterocycles. The average molecular weight is 430 g/mol. The van der Waals surface area contributed by atoms with Gasteiger partial charge in [-0.1, -0.05) is 48.0 Å². The van der Waals surface area contributed by atoms with Crippen LogP contribution in [0.1, 0.15) is 27.9 Å². The second kappa shape index (κ2) is 8.58. The van der Waals surface area contributed by atoms with Gasteiger partial charge in [0.2, 0.25) is 0 Å². The minimum atomic E-state index is 0.781. The van der Waals surface area contributed by atoms with Gasteiger partial charge in [0, 0.05) is 61.5 Å². The van der Waals surface area contributed by atoms with E-state index in [4.69, 9.17) is 16.6 Å². The molecule has 2 heterocycles. The smallest absolute Gasteiger partial charge is 0.0520 e. The second-order valence-electron chi connectivity index (χ2n) is 8.78. The van der Waals surface area contributed by atoms with Crippen LogP contribution in [0.15, 0.2) is 60.8 Å². The van der Waals surface area contributed by atoms with Gasteiger partial charge in [-0.25, -0.2) is 0 Å². The molecule has 0 amide bonds. The third-order valence-corrected chi connectivity index (χ3v) is 6.76. The molecule has 158 valence electrons. The van der Waals surface area contributed by atoms with E-state index in [1.165, 1.54) is 39.0 Å². The minimum absolute atomic E-state index is 0.781. The molecule has 0 atom stereocenters. The maximum atomic E-state index is 6.17. The van der Waals surface area contributed by atoms with Crippen LogP contribution in [-0.2, 0) is 13.0 Å². The molecule has 3 aromatic rings. The number of halogens is 1. The van der Waals surface area contributed by atoms with E-state index in [-0.39, 0.29) is 0 Å². The molecule has 3 nitrogen and oxygen atoms in total. The standard InChI is InChI=1S/C27H28ClN3/c1-19-15-23(28)7-8-24(19)25-9-10-27-26(25)16-22(17-29-27)21-5-3-20(4-6-21)18-31-13-11-30(2)12-14-31/h3-9,15-17H,10-14,18H2,1-2H3. The van der Waals surface area contributed by atoms with Crippen molar-refractivity contribution < 1.29 is 0 Å². The van der Waals surface area contributed by atoms with Crippen LogP contribution in [0, 0.1) is 6.92 Å². The van der Waals surface area contributed by atoms with Crippen molar-refractivity contribution >= 4 is 17.2 Å².